The van der Waals surface area contributed by atoms with Crippen molar-refractivity contribution in [3.8, 4) is 5.69 Å². The summed E-state index contributed by atoms with van der Waals surface area (Å²) in [5, 5.41) is 16.7. The van der Waals surface area contributed by atoms with E-state index in [9.17, 15) is 0 Å². The summed E-state index contributed by atoms with van der Waals surface area (Å²) in [6.07, 6.45) is -0.0179. The van der Waals surface area contributed by atoms with Crippen LogP contribution in [0.1, 0.15) is 35.2 Å². The average Bonchev–Trinajstić information content (AvgIpc) is 3.64. The predicted molar refractivity (Wildman–Crippen MR) is 184 cm³/mol. The molecule has 0 radical (unpaired) electrons. The summed E-state index contributed by atoms with van der Waals surface area (Å²) in [6.45, 7) is 0. The lowest BCUT2D eigenvalue weighted by atomic mass is 10.0. The average molecular weight is 587 g/mol. The minimum absolute atomic E-state index is 0.00695. The first-order chi connectivity index (χ1) is 21.8. The zero-order chi connectivity index (χ0) is 29.0. The molecule has 1 fully saturated rings. The molecule has 4 nitrogen and oxygen atoms in total. The number of para-hydroxylation sites is 1. The van der Waals surface area contributed by atoms with Crippen molar-refractivity contribution >= 4 is 53.3 Å². The topological polar surface area (TPSA) is 41.0 Å². The Morgan fingerprint density at radius 1 is 0.409 bits per heavy atom. The molecule has 2 unspecified atom stereocenters. The maximum Gasteiger partial charge on any atom is 0.0864 e. The van der Waals surface area contributed by atoms with E-state index in [1.165, 1.54) is 58.7 Å². The lowest BCUT2D eigenvalue weighted by molar-refractivity contribution is 0.203. The maximum absolute atomic E-state index is 3.81. The molecule has 2 atom stereocenters. The second-order valence-electron chi connectivity index (χ2n) is 11.5. The van der Waals surface area contributed by atoms with Gasteiger partial charge in [0.2, 0.25) is 0 Å². The molecule has 6 aromatic carbocycles. The molecule has 3 heterocycles. The van der Waals surface area contributed by atoms with Gasteiger partial charge in [-0.2, -0.15) is 0 Å². The number of benzene rings is 6. The standard InChI is InChI=1S/C39H30N4S/c1-3-11-25(12-4-1)37-40-38(26-13-5-2-6-14-26)42-39(41-37)27-19-21-28(22-20-27)43-31-17-9-7-15-29(31)35-32(43)23-24-34-36(35)30-16-8-10-18-33(30)44-34/h1-24,37-42H. The van der Waals surface area contributed by atoms with Gasteiger partial charge in [0.1, 0.15) is 0 Å². The SMILES string of the molecule is c1ccc(C2NC(c3ccccc3)NC(c3ccc(-n4c5ccccc5c5c6c(ccc54)sc4ccccc46)cc3)N2)cc1. The summed E-state index contributed by atoms with van der Waals surface area (Å²) in [5.41, 5.74) is 7.25. The summed E-state index contributed by atoms with van der Waals surface area (Å²) in [5.74, 6) is 0. The fraction of sp³-hybridized carbons (Fsp3) is 0.0769. The number of rotatable bonds is 4. The van der Waals surface area contributed by atoms with Gasteiger partial charge in [0.05, 0.1) is 29.5 Å². The van der Waals surface area contributed by atoms with Crippen LogP contribution in [-0.4, -0.2) is 4.57 Å². The van der Waals surface area contributed by atoms with E-state index in [1.807, 2.05) is 11.3 Å². The van der Waals surface area contributed by atoms with Gasteiger partial charge in [0.25, 0.3) is 0 Å². The van der Waals surface area contributed by atoms with Crippen LogP contribution in [0, 0.1) is 0 Å². The lowest BCUT2D eigenvalue weighted by Crippen LogP contribution is -2.54. The van der Waals surface area contributed by atoms with Crippen molar-refractivity contribution in [1.82, 2.24) is 20.5 Å². The first-order valence-electron chi connectivity index (χ1n) is 15.1. The van der Waals surface area contributed by atoms with E-state index in [4.69, 9.17) is 0 Å². The molecule has 0 amide bonds. The van der Waals surface area contributed by atoms with Gasteiger partial charge in [-0.05, 0) is 53.1 Å². The predicted octanol–water partition coefficient (Wildman–Crippen LogP) is 9.33. The van der Waals surface area contributed by atoms with Gasteiger partial charge < -0.3 is 4.57 Å². The van der Waals surface area contributed by atoms with Crippen molar-refractivity contribution in [3.63, 3.8) is 0 Å². The van der Waals surface area contributed by atoms with Crippen LogP contribution in [-0.2, 0) is 0 Å². The highest BCUT2D eigenvalue weighted by Gasteiger charge is 2.29. The van der Waals surface area contributed by atoms with E-state index in [2.05, 4.69) is 166 Å². The fourth-order valence-corrected chi connectivity index (χ4v) is 7.99. The van der Waals surface area contributed by atoms with Crippen LogP contribution in [0.5, 0.6) is 0 Å². The summed E-state index contributed by atoms with van der Waals surface area (Å²) in [7, 11) is 0. The number of nitrogens with zero attached hydrogens (tertiary/aromatic N) is 1. The van der Waals surface area contributed by atoms with Gasteiger partial charge in [-0.3, -0.25) is 16.0 Å². The zero-order valence-corrected chi connectivity index (χ0v) is 24.8. The van der Waals surface area contributed by atoms with Gasteiger partial charge in [-0.15, -0.1) is 11.3 Å². The molecule has 44 heavy (non-hydrogen) atoms. The van der Waals surface area contributed by atoms with Gasteiger partial charge in [0, 0.05) is 36.6 Å². The second-order valence-corrected chi connectivity index (χ2v) is 12.6. The summed E-state index contributed by atoms with van der Waals surface area (Å²) < 4.78 is 5.09. The van der Waals surface area contributed by atoms with Crippen molar-refractivity contribution in [3.05, 3.63) is 162 Å². The molecule has 1 aliphatic heterocycles. The minimum Gasteiger partial charge on any atom is -0.309 e. The van der Waals surface area contributed by atoms with Gasteiger partial charge in [-0.1, -0.05) is 109 Å². The third kappa shape index (κ3) is 4.17. The number of thiophene rings is 1. The molecule has 9 rings (SSSR count). The minimum atomic E-state index is -0.0318. The number of hydrogen-bond donors (Lipinski definition) is 3. The molecular formula is C39H30N4S. The van der Waals surface area contributed by atoms with Gasteiger partial charge >= 0.3 is 0 Å². The zero-order valence-electron chi connectivity index (χ0n) is 23.9. The van der Waals surface area contributed by atoms with Crippen LogP contribution in [0.25, 0.3) is 47.7 Å². The van der Waals surface area contributed by atoms with Crippen molar-refractivity contribution < 1.29 is 0 Å². The Labute approximate surface area is 259 Å². The molecule has 212 valence electrons. The molecule has 3 N–H and O–H groups in total. The van der Waals surface area contributed by atoms with Gasteiger partial charge in [-0.25, -0.2) is 0 Å². The summed E-state index contributed by atoms with van der Waals surface area (Å²) in [6, 6.07) is 52.4. The highest BCUT2D eigenvalue weighted by Crippen LogP contribution is 2.43. The van der Waals surface area contributed by atoms with E-state index in [0.717, 1.165) is 5.69 Å². The largest absolute Gasteiger partial charge is 0.309 e. The molecule has 5 heteroatoms. The summed E-state index contributed by atoms with van der Waals surface area (Å²) in [4.78, 5) is 0. The number of aromatic nitrogens is 1. The maximum atomic E-state index is 3.81. The Morgan fingerprint density at radius 3 is 1.61 bits per heavy atom. The summed E-state index contributed by atoms with van der Waals surface area (Å²) >= 11 is 1.88. The Balaban J connectivity index is 1.14. The van der Waals surface area contributed by atoms with E-state index < -0.39 is 0 Å². The second kappa shape index (κ2) is 10.4. The van der Waals surface area contributed by atoms with Crippen LogP contribution in [0.4, 0.5) is 0 Å². The highest BCUT2D eigenvalue weighted by molar-refractivity contribution is 7.26. The van der Waals surface area contributed by atoms with Crippen molar-refractivity contribution in [2.75, 3.05) is 0 Å². The first-order valence-corrected chi connectivity index (χ1v) is 16.0. The number of fused-ring (bicyclic) bond motifs is 7. The van der Waals surface area contributed by atoms with Crippen LogP contribution in [0.3, 0.4) is 0 Å². The number of nitrogens with one attached hydrogen (secondary N) is 3. The normalized spacial score (nSPS) is 18.9. The van der Waals surface area contributed by atoms with E-state index in [0.29, 0.717) is 0 Å². The van der Waals surface area contributed by atoms with Crippen molar-refractivity contribution in [2.24, 2.45) is 0 Å². The molecule has 8 aromatic rings. The van der Waals surface area contributed by atoms with Crippen LogP contribution >= 0.6 is 11.3 Å². The number of hydrogen-bond acceptors (Lipinski definition) is 4. The molecule has 0 saturated carbocycles. The van der Waals surface area contributed by atoms with Gasteiger partial charge in [0.15, 0.2) is 0 Å². The molecule has 0 spiro atoms. The smallest absolute Gasteiger partial charge is 0.0864 e. The third-order valence-corrected chi connectivity index (χ3v) is 10.1. The molecule has 0 bridgehead atoms. The molecule has 0 aliphatic carbocycles. The molecule has 1 saturated heterocycles. The van der Waals surface area contributed by atoms with E-state index >= 15 is 0 Å². The molecule has 1 aliphatic rings. The quantitative estimate of drug-likeness (QED) is 0.192. The van der Waals surface area contributed by atoms with Crippen molar-refractivity contribution in [2.45, 2.75) is 18.5 Å². The van der Waals surface area contributed by atoms with Crippen LogP contribution in [0.15, 0.2) is 146 Å². The first kappa shape index (κ1) is 25.7. The lowest BCUT2D eigenvalue weighted by Gasteiger charge is -2.39. The fourth-order valence-electron chi connectivity index (χ4n) is 6.88. The highest BCUT2D eigenvalue weighted by atomic mass is 32.1. The third-order valence-electron chi connectivity index (χ3n) is 8.93. The Hall–Kier alpha value is -4.78. The molecular weight excluding hydrogens is 557 g/mol. The van der Waals surface area contributed by atoms with Crippen molar-refractivity contribution in [1.29, 1.82) is 0 Å². The Morgan fingerprint density at radius 2 is 0.955 bits per heavy atom. The van der Waals surface area contributed by atoms with E-state index in [-0.39, 0.29) is 18.5 Å². The van der Waals surface area contributed by atoms with Crippen LogP contribution in [0.2, 0.25) is 0 Å². The van der Waals surface area contributed by atoms with Crippen LogP contribution < -0.4 is 16.0 Å². The monoisotopic (exact) mass is 586 g/mol. The van der Waals surface area contributed by atoms with E-state index in [1.54, 1.807) is 0 Å². The molecule has 2 aromatic heterocycles. The Bertz CT molecular complexity index is 2220. The Kier molecular flexibility index (Phi) is 6.10.